The number of phenolic OH excluding ortho intramolecular Hbond substituents is 2. The number of fused-ring (bicyclic) bond motifs is 1. The number of rotatable bonds is 6. The van der Waals surface area contributed by atoms with Crippen LogP contribution < -0.4 is 0 Å². The summed E-state index contributed by atoms with van der Waals surface area (Å²) < 4.78 is 10.0. The molecule has 0 aliphatic rings. The molecule has 0 spiro atoms. The third-order valence-corrected chi connectivity index (χ3v) is 4.74. The number of carbonyl (C=O) groups excluding carboxylic acids is 3. The van der Waals surface area contributed by atoms with Crippen LogP contribution in [0.15, 0.2) is 30.3 Å². The van der Waals surface area contributed by atoms with Crippen molar-refractivity contribution in [3.63, 3.8) is 0 Å². The number of aryl methyl sites for hydroxylation is 1. The monoisotopic (exact) mass is 411 g/mol. The van der Waals surface area contributed by atoms with Gasteiger partial charge in [0.2, 0.25) is 5.78 Å². The van der Waals surface area contributed by atoms with E-state index in [0.717, 1.165) is 6.07 Å². The molecule has 0 radical (unpaired) electrons. The number of benzene rings is 2. The van der Waals surface area contributed by atoms with E-state index in [2.05, 4.69) is 4.98 Å². The van der Waals surface area contributed by atoms with Gasteiger partial charge in [-0.25, -0.2) is 9.59 Å². The van der Waals surface area contributed by atoms with E-state index in [4.69, 9.17) is 9.47 Å². The lowest BCUT2D eigenvalue weighted by Gasteiger charge is -2.10. The molecule has 0 unspecified atom stereocenters. The minimum Gasteiger partial charge on any atom is -0.507 e. The fourth-order valence-electron chi connectivity index (χ4n) is 3.32. The average Bonchev–Trinajstić information content (AvgIpc) is 3.03. The van der Waals surface area contributed by atoms with Crippen LogP contribution >= 0.6 is 0 Å². The number of Topliss-reactive ketones (excluding diaryl/α,β-unsaturated/α-hetero) is 1. The number of H-pyrrole nitrogens is 1. The second-order valence-electron chi connectivity index (χ2n) is 6.68. The number of nitrogens with one attached hydrogen (secondary N) is 1. The molecular formula is C22H21NO7. The van der Waals surface area contributed by atoms with Gasteiger partial charge in [0, 0.05) is 16.5 Å². The fourth-order valence-corrected chi connectivity index (χ4v) is 3.32. The molecule has 0 aliphatic heterocycles. The summed E-state index contributed by atoms with van der Waals surface area (Å²) in [6.45, 7) is 4.50. The van der Waals surface area contributed by atoms with Crippen molar-refractivity contribution in [2.24, 2.45) is 0 Å². The number of aromatic amines is 1. The number of hydrogen-bond donors (Lipinski definition) is 3. The van der Waals surface area contributed by atoms with Crippen LogP contribution in [0.5, 0.6) is 11.5 Å². The number of phenols is 2. The van der Waals surface area contributed by atoms with E-state index in [-0.39, 0.29) is 40.3 Å². The maximum Gasteiger partial charge on any atom is 0.342 e. The Balaban J connectivity index is 1.80. The number of carbonyl (C=O) groups is 3. The van der Waals surface area contributed by atoms with Crippen molar-refractivity contribution in [1.82, 2.24) is 4.98 Å². The lowest BCUT2D eigenvalue weighted by atomic mass is 10.0. The van der Waals surface area contributed by atoms with Crippen molar-refractivity contribution in [2.75, 3.05) is 13.2 Å². The molecular weight excluding hydrogens is 390 g/mol. The van der Waals surface area contributed by atoms with Gasteiger partial charge < -0.3 is 24.7 Å². The first kappa shape index (κ1) is 20.9. The maximum absolute atomic E-state index is 12.5. The lowest BCUT2D eigenvalue weighted by molar-refractivity contribution is 0.0469. The van der Waals surface area contributed by atoms with Gasteiger partial charge in [0.1, 0.15) is 17.1 Å². The normalized spacial score (nSPS) is 10.8. The second kappa shape index (κ2) is 8.28. The highest BCUT2D eigenvalue weighted by atomic mass is 16.5. The topological polar surface area (TPSA) is 126 Å². The summed E-state index contributed by atoms with van der Waals surface area (Å²) >= 11 is 0. The van der Waals surface area contributed by atoms with E-state index in [1.165, 1.54) is 0 Å². The Labute approximate surface area is 172 Å². The first-order chi connectivity index (χ1) is 14.3. The molecule has 0 saturated carbocycles. The first-order valence-electron chi connectivity index (χ1n) is 9.26. The van der Waals surface area contributed by atoms with Gasteiger partial charge in [-0.15, -0.1) is 0 Å². The van der Waals surface area contributed by atoms with Gasteiger partial charge in [-0.2, -0.15) is 0 Å². The minimum absolute atomic E-state index is 0.133. The molecule has 3 rings (SSSR count). The van der Waals surface area contributed by atoms with Crippen molar-refractivity contribution in [1.29, 1.82) is 0 Å². The zero-order valence-corrected chi connectivity index (χ0v) is 16.7. The Hall–Kier alpha value is -3.81. The van der Waals surface area contributed by atoms with Crippen LogP contribution in [0.1, 0.15) is 49.4 Å². The minimum atomic E-state index is -0.964. The molecule has 8 heteroatoms. The Kier molecular flexibility index (Phi) is 5.77. The van der Waals surface area contributed by atoms with E-state index in [1.807, 2.05) is 0 Å². The Bertz CT molecular complexity index is 1160. The first-order valence-corrected chi connectivity index (χ1v) is 9.26. The Morgan fingerprint density at radius 3 is 2.33 bits per heavy atom. The molecule has 0 amide bonds. The van der Waals surface area contributed by atoms with Crippen molar-refractivity contribution >= 4 is 28.5 Å². The lowest BCUT2D eigenvalue weighted by Crippen LogP contribution is -2.16. The molecule has 30 heavy (non-hydrogen) atoms. The fraction of sp³-hybridized carbons (Fsp3) is 0.227. The molecule has 0 saturated heterocycles. The van der Waals surface area contributed by atoms with Crippen LogP contribution in [-0.4, -0.2) is 46.1 Å². The third-order valence-electron chi connectivity index (χ3n) is 4.74. The quantitative estimate of drug-likeness (QED) is 0.322. The van der Waals surface area contributed by atoms with Crippen molar-refractivity contribution in [3.05, 3.63) is 58.4 Å². The van der Waals surface area contributed by atoms with Crippen molar-refractivity contribution in [3.8, 4) is 11.5 Å². The summed E-state index contributed by atoms with van der Waals surface area (Å²) in [6.07, 6.45) is 0. The van der Waals surface area contributed by atoms with E-state index in [9.17, 15) is 24.6 Å². The van der Waals surface area contributed by atoms with Gasteiger partial charge in [-0.3, -0.25) is 4.79 Å². The number of hydrogen-bond acceptors (Lipinski definition) is 7. The van der Waals surface area contributed by atoms with E-state index in [0.29, 0.717) is 16.6 Å². The summed E-state index contributed by atoms with van der Waals surface area (Å²) in [4.78, 5) is 39.8. The predicted molar refractivity (Wildman–Crippen MR) is 108 cm³/mol. The van der Waals surface area contributed by atoms with Gasteiger partial charge in [-0.05, 0) is 32.4 Å². The molecule has 0 fully saturated rings. The highest BCUT2D eigenvalue weighted by molar-refractivity contribution is 6.06. The summed E-state index contributed by atoms with van der Waals surface area (Å²) in [6, 6.07) is 7.57. The van der Waals surface area contributed by atoms with Crippen LogP contribution in [0.4, 0.5) is 0 Å². The van der Waals surface area contributed by atoms with Crippen molar-refractivity contribution in [2.45, 2.75) is 20.8 Å². The second-order valence-corrected chi connectivity index (χ2v) is 6.68. The highest BCUT2D eigenvalue weighted by Gasteiger charge is 2.24. The van der Waals surface area contributed by atoms with E-state index < -0.39 is 24.3 Å². The van der Waals surface area contributed by atoms with Gasteiger partial charge in [-0.1, -0.05) is 24.3 Å². The number of ether oxygens (including phenoxy) is 2. The molecule has 0 bridgehead atoms. The molecule has 1 aromatic heterocycles. The van der Waals surface area contributed by atoms with Gasteiger partial charge in [0.25, 0.3) is 0 Å². The molecule has 156 valence electrons. The predicted octanol–water partition coefficient (Wildman–Crippen LogP) is 3.41. The molecule has 3 N–H and O–H groups in total. The van der Waals surface area contributed by atoms with Gasteiger partial charge in [0.05, 0.1) is 17.9 Å². The Morgan fingerprint density at radius 2 is 1.67 bits per heavy atom. The molecule has 0 atom stereocenters. The average molecular weight is 411 g/mol. The number of aromatic nitrogens is 1. The third kappa shape index (κ3) is 3.71. The standard InChI is InChI=1S/C22H21NO7/c1-4-29-22(28)18-11(2)19(23-12(18)3)17(25)10-30-21(27)15-9-16(24)13-7-5-6-8-14(13)20(15)26/h5-9,23-24,26H,4,10H2,1-3H3. The number of aromatic hydroxyl groups is 2. The maximum atomic E-state index is 12.5. The molecule has 0 aliphatic carbocycles. The molecule has 1 heterocycles. The van der Waals surface area contributed by atoms with Crippen LogP contribution in [0.2, 0.25) is 0 Å². The summed E-state index contributed by atoms with van der Waals surface area (Å²) in [7, 11) is 0. The SMILES string of the molecule is CCOC(=O)c1c(C)[nH]c(C(=O)COC(=O)c2cc(O)c3ccccc3c2O)c1C. The van der Waals surface area contributed by atoms with Crippen LogP contribution in [0, 0.1) is 13.8 Å². The molecule has 8 nitrogen and oxygen atoms in total. The van der Waals surface area contributed by atoms with Crippen LogP contribution in [0.3, 0.4) is 0 Å². The molecule has 3 aromatic rings. The zero-order valence-electron chi connectivity index (χ0n) is 16.7. The summed E-state index contributed by atoms with van der Waals surface area (Å²) in [5, 5.41) is 21.1. The number of ketones is 1. The summed E-state index contributed by atoms with van der Waals surface area (Å²) in [5.74, 6) is -2.61. The Morgan fingerprint density at radius 1 is 1.00 bits per heavy atom. The van der Waals surface area contributed by atoms with E-state index >= 15 is 0 Å². The smallest absolute Gasteiger partial charge is 0.342 e. The van der Waals surface area contributed by atoms with Crippen LogP contribution in [0.25, 0.3) is 10.8 Å². The zero-order chi connectivity index (χ0) is 22.0. The van der Waals surface area contributed by atoms with Gasteiger partial charge >= 0.3 is 11.9 Å². The largest absolute Gasteiger partial charge is 0.507 e. The summed E-state index contributed by atoms with van der Waals surface area (Å²) in [5.41, 5.74) is 1.01. The van der Waals surface area contributed by atoms with Crippen molar-refractivity contribution < 1.29 is 34.1 Å². The van der Waals surface area contributed by atoms with E-state index in [1.54, 1.807) is 45.0 Å². The van der Waals surface area contributed by atoms with Gasteiger partial charge in [0.15, 0.2) is 6.61 Å². The highest BCUT2D eigenvalue weighted by Crippen LogP contribution is 2.35. The molecule has 2 aromatic carbocycles. The number of esters is 2. The van der Waals surface area contributed by atoms with Crippen LogP contribution in [-0.2, 0) is 9.47 Å².